The zero-order valence-electron chi connectivity index (χ0n) is 13.1. The van der Waals surface area contributed by atoms with Gasteiger partial charge in [0.1, 0.15) is 6.61 Å². The smallest absolute Gasteiger partial charge is 0.410 e. The van der Waals surface area contributed by atoms with E-state index < -0.39 is 27.3 Å². The molecule has 1 aliphatic heterocycles. The predicted octanol–water partition coefficient (Wildman–Crippen LogP) is 0.397. The van der Waals surface area contributed by atoms with Crippen LogP contribution in [-0.4, -0.2) is 48.7 Å². The number of nitrogens with two attached hydrogens (primary N) is 1. The number of hydrogen-bond acceptors (Lipinski definition) is 7. The minimum Gasteiger partial charge on any atom is -0.445 e. The molecule has 1 heterocycles. The molecule has 10 nitrogen and oxygen atoms in total. The minimum absolute atomic E-state index is 0.0253. The van der Waals surface area contributed by atoms with Crippen LogP contribution in [0.5, 0.6) is 0 Å². The van der Waals surface area contributed by atoms with E-state index in [1.54, 1.807) is 0 Å². The Hall–Kier alpha value is -1.89. The standard InChI is InChI=1S/C13H18N4O6S2/c14-25(21,22)15-6-11-5-12(24)7-16(11)13(18)23-8-9-1-3-10(4-2-9)17(19)20/h1-4,11-12,15,24H,5-8H2,(H2,14,21,22). The summed E-state index contributed by atoms with van der Waals surface area (Å²) in [5.74, 6) is 0. The number of amides is 1. The van der Waals surface area contributed by atoms with Gasteiger partial charge in [-0.25, -0.2) is 14.7 Å². The van der Waals surface area contributed by atoms with E-state index >= 15 is 0 Å². The molecule has 2 unspecified atom stereocenters. The largest absolute Gasteiger partial charge is 0.445 e. The SMILES string of the molecule is NS(=O)(=O)NCC1CC(S)CN1C(=O)OCc1ccc([N+](=O)[O-])cc1. The van der Waals surface area contributed by atoms with Gasteiger partial charge in [0.05, 0.1) is 4.92 Å². The third-order valence-corrected chi connectivity index (χ3v) is 4.60. The third kappa shape index (κ3) is 5.85. The van der Waals surface area contributed by atoms with E-state index in [0.717, 1.165) is 0 Å². The minimum atomic E-state index is -3.85. The van der Waals surface area contributed by atoms with E-state index in [9.17, 15) is 23.3 Å². The molecule has 1 aromatic rings. The second-order valence-electron chi connectivity index (χ2n) is 5.57. The van der Waals surface area contributed by atoms with E-state index in [1.165, 1.54) is 29.2 Å². The number of nitro groups is 1. The van der Waals surface area contributed by atoms with Gasteiger partial charge in [-0.05, 0) is 24.1 Å². The average Bonchev–Trinajstić information content (AvgIpc) is 2.91. The molecule has 1 aliphatic rings. The van der Waals surface area contributed by atoms with Gasteiger partial charge in [-0.15, -0.1) is 0 Å². The molecule has 12 heteroatoms. The molecule has 1 amide bonds. The lowest BCUT2D eigenvalue weighted by molar-refractivity contribution is -0.384. The van der Waals surface area contributed by atoms with E-state index in [4.69, 9.17) is 9.88 Å². The Balaban J connectivity index is 1.92. The first-order valence-corrected chi connectivity index (χ1v) is 9.34. The van der Waals surface area contributed by atoms with Crippen LogP contribution in [0.3, 0.4) is 0 Å². The Morgan fingerprint density at radius 3 is 2.64 bits per heavy atom. The van der Waals surface area contributed by atoms with Gasteiger partial charge in [0, 0.05) is 36.5 Å². The first kappa shape index (κ1) is 19.4. The van der Waals surface area contributed by atoms with Gasteiger partial charge < -0.3 is 9.64 Å². The summed E-state index contributed by atoms with van der Waals surface area (Å²) in [5, 5.41) is 15.4. The average molecular weight is 390 g/mol. The molecule has 0 saturated carbocycles. The Morgan fingerprint density at radius 2 is 2.08 bits per heavy atom. The van der Waals surface area contributed by atoms with Crippen LogP contribution in [-0.2, 0) is 21.6 Å². The Morgan fingerprint density at radius 1 is 1.44 bits per heavy atom. The summed E-state index contributed by atoms with van der Waals surface area (Å²) in [5.41, 5.74) is 0.543. The maximum atomic E-state index is 12.2. The highest BCUT2D eigenvalue weighted by Gasteiger charge is 2.35. The number of non-ortho nitro benzene ring substituents is 1. The Labute approximate surface area is 150 Å². The molecule has 2 atom stereocenters. The maximum Gasteiger partial charge on any atom is 0.410 e. The molecule has 0 radical (unpaired) electrons. The summed E-state index contributed by atoms with van der Waals surface area (Å²) in [7, 11) is -3.85. The van der Waals surface area contributed by atoms with Gasteiger partial charge in [0.2, 0.25) is 0 Å². The highest BCUT2D eigenvalue weighted by atomic mass is 32.2. The number of nitrogens with one attached hydrogen (secondary N) is 1. The number of thiol groups is 1. The van der Waals surface area contributed by atoms with Crippen molar-refractivity contribution in [3.8, 4) is 0 Å². The molecule has 0 bridgehead atoms. The lowest BCUT2D eigenvalue weighted by atomic mass is 10.2. The fourth-order valence-electron chi connectivity index (χ4n) is 2.46. The topological polar surface area (TPSA) is 145 Å². The molecule has 3 N–H and O–H groups in total. The molecular weight excluding hydrogens is 372 g/mol. The summed E-state index contributed by atoms with van der Waals surface area (Å²) in [6.45, 7) is 0.238. The first-order valence-electron chi connectivity index (χ1n) is 7.28. The van der Waals surface area contributed by atoms with Crippen LogP contribution in [0.2, 0.25) is 0 Å². The zero-order valence-corrected chi connectivity index (χ0v) is 14.8. The summed E-state index contributed by atoms with van der Waals surface area (Å²) in [4.78, 5) is 23.7. The molecule has 1 aromatic carbocycles. The van der Waals surface area contributed by atoms with Gasteiger partial charge >= 0.3 is 6.09 Å². The summed E-state index contributed by atoms with van der Waals surface area (Å²) < 4.78 is 29.4. The second-order valence-corrected chi connectivity index (χ2v) is 7.68. The van der Waals surface area contributed by atoms with Gasteiger partial charge in [0.25, 0.3) is 15.9 Å². The van der Waals surface area contributed by atoms with E-state index in [2.05, 4.69) is 17.4 Å². The van der Waals surface area contributed by atoms with Crippen LogP contribution in [0.15, 0.2) is 24.3 Å². The number of likely N-dealkylation sites (tertiary alicyclic amines) is 1. The van der Waals surface area contributed by atoms with Crippen LogP contribution in [0.1, 0.15) is 12.0 Å². The van der Waals surface area contributed by atoms with Crippen molar-refractivity contribution in [2.24, 2.45) is 5.14 Å². The van der Waals surface area contributed by atoms with E-state index in [-0.39, 0.29) is 24.1 Å². The highest BCUT2D eigenvalue weighted by molar-refractivity contribution is 7.87. The van der Waals surface area contributed by atoms with Crippen molar-refractivity contribution in [2.75, 3.05) is 13.1 Å². The number of nitrogens with zero attached hydrogens (tertiary/aromatic N) is 2. The first-order chi connectivity index (χ1) is 11.7. The van der Waals surface area contributed by atoms with Crippen LogP contribution in [0.25, 0.3) is 0 Å². The van der Waals surface area contributed by atoms with Crippen molar-refractivity contribution in [1.82, 2.24) is 9.62 Å². The number of ether oxygens (including phenoxy) is 1. The second kappa shape index (κ2) is 7.99. The lowest BCUT2D eigenvalue weighted by Gasteiger charge is -2.23. The van der Waals surface area contributed by atoms with Crippen LogP contribution >= 0.6 is 12.6 Å². The van der Waals surface area contributed by atoms with Crippen molar-refractivity contribution in [2.45, 2.75) is 24.3 Å². The number of benzene rings is 1. The number of nitro benzene ring substituents is 1. The summed E-state index contributed by atoms with van der Waals surface area (Å²) >= 11 is 4.32. The monoisotopic (exact) mass is 390 g/mol. The van der Waals surface area contributed by atoms with Crippen LogP contribution < -0.4 is 9.86 Å². The van der Waals surface area contributed by atoms with Crippen molar-refractivity contribution < 1.29 is 22.9 Å². The molecule has 0 spiro atoms. The Kier molecular flexibility index (Phi) is 6.21. The molecule has 1 fully saturated rings. The molecule has 1 saturated heterocycles. The van der Waals surface area contributed by atoms with Crippen LogP contribution in [0, 0.1) is 10.1 Å². The maximum absolute atomic E-state index is 12.2. The molecular formula is C13H18N4O6S2. The summed E-state index contributed by atoms with van der Waals surface area (Å²) in [6, 6.07) is 5.22. The summed E-state index contributed by atoms with van der Waals surface area (Å²) in [6.07, 6.45) is -0.116. The van der Waals surface area contributed by atoms with Crippen molar-refractivity contribution >= 4 is 34.6 Å². The number of hydrogen-bond donors (Lipinski definition) is 3. The van der Waals surface area contributed by atoms with Crippen molar-refractivity contribution in [3.63, 3.8) is 0 Å². The molecule has 0 aliphatic carbocycles. The molecule has 138 valence electrons. The quantitative estimate of drug-likeness (QED) is 0.364. The normalized spacial score (nSPS) is 20.5. The fraction of sp³-hybridized carbons (Fsp3) is 0.462. The van der Waals surface area contributed by atoms with Gasteiger partial charge in [-0.2, -0.15) is 21.0 Å². The number of carbonyl (C=O) groups is 1. The zero-order chi connectivity index (χ0) is 18.6. The molecule has 25 heavy (non-hydrogen) atoms. The van der Waals surface area contributed by atoms with Gasteiger partial charge in [0.15, 0.2) is 0 Å². The fourth-order valence-corrected chi connectivity index (χ4v) is 3.31. The van der Waals surface area contributed by atoms with Gasteiger partial charge in [-0.1, -0.05) is 0 Å². The number of rotatable bonds is 6. The van der Waals surface area contributed by atoms with Crippen molar-refractivity contribution in [3.05, 3.63) is 39.9 Å². The predicted molar refractivity (Wildman–Crippen MR) is 92.3 cm³/mol. The Bertz CT molecular complexity index is 739. The van der Waals surface area contributed by atoms with Crippen molar-refractivity contribution in [1.29, 1.82) is 0 Å². The lowest BCUT2D eigenvalue weighted by Crippen LogP contribution is -2.44. The van der Waals surface area contributed by atoms with E-state index in [1.807, 2.05) is 0 Å². The molecule has 2 rings (SSSR count). The van der Waals surface area contributed by atoms with E-state index in [0.29, 0.717) is 18.5 Å². The van der Waals surface area contributed by atoms with Gasteiger partial charge in [-0.3, -0.25) is 10.1 Å². The van der Waals surface area contributed by atoms with Crippen LogP contribution in [0.4, 0.5) is 10.5 Å². The third-order valence-electron chi connectivity index (χ3n) is 3.66. The molecule has 0 aromatic heterocycles. The number of carbonyl (C=O) groups excluding carboxylic acids is 1. The highest BCUT2D eigenvalue weighted by Crippen LogP contribution is 2.23.